The molecule has 7 heteroatoms. The summed E-state index contributed by atoms with van der Waals surface area (Å²) < 4.78 is 4.84. The molecule has 0 fully saturated rings. The predicted octanol–water partition coefficient (Wildman–Crippen LogP) is 1.59. The standard InChI is InChI=1S/C12H16ClN3O3/c1-3-19-10(17)4-7(2)16-12-9(13)5-8(6-15-12)11(14)18/h5-7H,3-4H2,1-2H3,(H2,14,18)(H,15,16). The Bertz CT molecular complexity index is 479. The van der Waals surface area contributed by atoms with Gasteiger partial charge in [-0.15, -0.1) is 0 Å². The number of ether oxygens (including phenoxy) is 1. The minimum atomic E-state index is -0.597. The SMILES string of the molecule is CCOC(=O)CC(C)Nc1ncc(C(N)=O)cc1Cl. The molecule has 1 aromatic heterocycles. The van der Waals surface area contributed by atoms with Crippen molar-refractivity contribution in [3.05, 3.63) is 22.8 Å². The molecule has 0 aliphatic rings. The number of esters is 1. The summed E-state index contributed by atoms with van der Waals surface area (Å²) in [6, 6.07) is 1.24. The molecule has 104 valence electrons. The molecule has 3 N–H and O–H groups in total. The van der Waals surface area contributed by atoms with E-state index >= 15 is 0 Å². The number of hydrogen-bond donors (Lipinski definition) is 2. The first-order chi connectivity index (χ1) is 8.93. The van der Waals surface area contributed by atoms with E-state index in [-0.39, 0.29) is 29.0 Å². The molecule has 6 nitrogen and oxygen atoms in total. The number of nitrogens with zero attached hydrogens (tertiary/aromatic N) is 1. The van der Waals surface area contributed by atoms with Crippen molar-refractivity contribution in [2.24, 2.45) is 5.73 Å². The lowest BCUT2D eigenvalue weighted by atomic mass is 10.2. The van der Waals surface area contributed by atoms with Gasteiger partial charge in [-0.3, -0.25) is 9.59 Å². The van der Waals surface area contributed by atoms with Gasteiger partial charge in [0.2, 0.25) is 5.91 Å². The number of hydrogen-bond acceptors (Lipinski definition) is 5. The van der Waals surface area contributed by atoms with E-state index in [2.05, 4.69) is 10.3 Å². The van der Waals surface area contributed by atoms with Crippen LogP contribution in [0.15, 0.2) is 12.3 Å². The van der Waals surface area contributed by atoms with E-state index in [0.29, 0.717) is 12.4 Å². The number of nitrogens with one attached hydrogen (secondary N) is 1. The summed E-state index contributed by atoms with van der Waals surface area (Å²) in [7, 11) is 0. The van der Waals surface area contributed by atoms with Crippen molar-refractivity contribution >= 4 is 29.3 Å². The fraction of sp³-hybridized carbons (Fsp3) is 0.417. The van der Waals surface area contributed by atoms with Crippen molar-refractivity contribution in [2.45, 2.75) is 26.3 Å². The maximum Gasteiger partial charge on any atom is 0.307 e. The minimum Gasteiger partial charge on any atom is -0.466 e. The number of aromatic nitrogens is 1. The second-order valence-electron chi connectivity index (χ2n) is 3.97. The molecule has 0 spiro atoms. The molecule has 0 aromatic carbocycles. The first kappa shape index (κ1) is 15.2. The highest BCUT2D eigenvalue weighted by atomic mass is 35.5. The molecule has 0 aliphatic carbocycles. The van der Waals surface area contributed by atoms with Crippen molar-refractivity contribution in [2.75, 3.05) is 11.9 Å². The molecule has 0 aliphatic heterocycles. The predicted molar refractivity (Wildman–Crippen MR) is 72.1 cm³/mol. The quantitative estimate of drug-likeness (QED) is 0.774. The zero-order valence-electron chi connectivity index (χ0n) is 10.8. The summed E-state index contributed by atoms with van der Waals surface area (Å²) in [5, 5.41) is 3.24. The summed E-state index contributed by atoms with van der Waals surface area (Å²) in [4.78, 5) is 26.2. The molecular weight excluding hydrogens is 270 g/mol. The third-order valence-corrected chi connectivity index (χ3v) is 2.58. The lowest BCUT2D eigenvalue weighted by Crippen LogP contribution is -2.22. The Labute approximate surface area is 116 Å². The highest BCUT2D eigenvalue weighted by Gasteiger charge is 2.13. The Morgan fingerprint density at radius 3 is 2.79 bits per heavy atom. The van der Waals surface area contributed by atoms with Crippen LogP contribution in [-0.2, 0) is 9.53 Å². The average Bonchev–Trinajstić information content (AvgIpc) is 2.31. The molecule has 1 aromatic rings. The molecule has 1 atom stereocenters. The first-order valence-electron chi connectivity index (χ1n) is 5.81. The number of halogens is 1. The van der Waals surface area contributed by atoms with Gasteiger partial charge in [0, 0.05) is 12.2 Å². The Hall–Kier alpha value is -1.82. The van der Waals surface area contributed by atoms with Crippen LogP contribution in [0.1, 0.15) is 30.6 Å². The molecule has 19 heavy (non-hydrogen) atoms. The van der Waals surface area contributed by atoms with Crippen LogP contribution in [0.2, 0.25) is 5.02 Å². The number of pyridine rings is 1. The number of amides is 1. The summed E-state index contributed by atoms with van der Waals surface area (Å²) in [6.45, 7) is 3.89. The van der Waals surface area contributed by atoms with Crippen LogP contribution < -0.4 is 11.1 Å². The lowest BCUT2D eigenvalue weighted by molar-refractivity contribution is -0.143. The Balaban J connectivity index is 2.66. The minimum absolute atomic E-state index is 0.191. The Morgan fingerprint density at radius 1 is 1.58 bits per heavy atom. The van der Waals surface area contributed by atoms with E-state index in [1.54, 1.807) is 13.8 Å². The lowest BCUT2D eigenvalue weighted by Gasteiger charge is -2.14. The summed E-state index contributed by atoms with van der Waals surface area (Å²) in [5.41, 5.74) is 5.34. The number of primary amides is 1. The number of nitrogens with two attached hydrogens (primary N) is 1. The smallest absolute Gasteiger partial charge is 0.307 e. The fourth-order valence-electron chi connectivity index (χ4n) is 1.43. The van der Waals surface area contributed by atoms with Gasteiger partial charge >= 0.3 is 5.97 Å². The van der Waals surface area contributed by atoms with Gasteiger partial charge in [-0.05, 0) is 19.9 Å². The monoisotopic (exact) mass is 285 g/mol. The molecular formula is C12H16ClN3O3. The van der Waals surface area contributed by atoms with Gasteiger partial charge in [0.05, 0.1) is 23.6 Å². The molecule has 1 amide bonds. The van der Waals surface area contributed by atoms with E-state index in [4.69, 9.17) is 22.1 Å². The molecule has 0 saturated heterocycles. The van der Waals surface area contributed by atoms with Gasteiger partial charge in [0.25, 0.3) is 0 Å². The summed E-state index contributed by atoms with van der Waals surface area (Å²) >= 11 is 5.97. The van der Waals surface area contributed by atoms with Crippen molar-refractivity contribution in [1.29, 1.82) is 0 Å². The third kappa shape index (κ3) is 4.75. The summed E-state index contributed by atoms with van der Waals surface area (Å²) in [5.74, 6) is -0.503. The van der Waals surface area contributed by atoms with E-state index in [1.807, 2.05) is 0 Å². The largest absolute Gasteiger partial charge is 0.466 e. The second-order valence-corrected chi connectivity index (χ2v) is 4.38. The number of rotatable bonds is 6. The number of carbonyl (C=O) groups is 2. The van der Waals surface area contributed by atoms with Gasteiger partial charge in [-0.2, -0.15) is 0 Å². The number of carbonyl (C=O) groups excluding carboxylic acids is 2. The van der Waals surface area contributed by atoms with Gasteiger partial charge in [-0.1, -0.05) is 11.6 Å². The van der Waals surface area contributed by atoms with E-state index in [1.165, 1.54) is 12.3 Å². The van der Waals surface area contributed by atoms with Crippen molar-refractivity contribution in [1.82, 2.24) is 4.98 Å². The maximum atomic E-state index is 11.3. The van der Waals surface area contributed by atoms with Crippen LogP contribution >= 0.6 is 11.6 Å². The Morgan fingerprint density at radius 2 is 2.26 bits per heavy atom. The van der Waals surface area contributed by atoms with Gasteiger partial charge < -0.3 is 15.8 Å². The Kier molecular flexibility index (Phi) is 5.57. The molecule has 1 rings (SSSR count). The third-order valence-electron chi connectivity index (χ3n) is 2.29. The van der Waals surface area contributed by atoms with Crippen LogP contribution in [0.3, 0.4) is 0 Å². The van der Waals surface area contributed by atoms with Crippen molar-refractivity contribution in [3.63, 3.8) is 0 Å². The molecule has 1 unspecified atom stereocenters. The van der Waals surface area contributed by atoms with E-state index in [9.17, 15) is 9.59 Å². The zero-order valence-corrected chi connectivity index (χ0v) is 11.5. The first-order valence-corrected chi connectivity index (χ1v) is 6.19. The molecule has 0 bridgehead atoms. The zero-order chi connectivity index (χ0) is 14.4. The van der Waals surface area contributed by atoms with Crippen molar-refractivity contribution < 1.29 is 14.3 Å². The fourth-order valence-corrected chi connectivity index (χ4v) is 1.65. The van der Waals surface area contributed by atoms with Crippen LogP contribution in [0.4, 0.5) is 5.82 Å². The highest BCUT2D eigenvalue weighted by Crippen LogP contribution is 2.21. The van der Waals surface area contributed by atoms with Crippen LogP contribution in [-0.4, -0.2) is 29.5 Å². The van der Waals surface area contributed by atoms with Crippen LogP contribution in [0, 0.1) is 0 Å². The number of anilines is 1. The topological polar surface area (TPSA) is 94.3 Å². The van der Waals surface area contributed by atoms with Crippen LogP contribution in [0.5, 0.6) is 0 Å². The van der Waals surface area contributed by atoms with E-state index in [0.717, 1.165) is 0 Å². The molecule has 0 radical (unpaired) electrons. The second kappa shape index (κ2) is 6.94. The highest BCUT2D eigenvalue weighted by molar-refractivity contribution is 6.33. The van der Waals surface area contributed by atoms with Crippen LogP contribution in [0.25, 0.3) is 0 Å². The van der Waals surface area contributed by atoms with Gasteiger partial charge in [0.15, 0.2) is 0 Å². The molecule has 0 saturated carbocycles. The molecule has 1 heterocycles. The van der Waals surface area contributed by atoms with Gasteiger partial charge in [0.1, 0.15) is 5.82 Å². The van der Waals surface area contributed by atoms with E-state index < -0.39 is 5.91 Å². The van der Waals surface area contributed by atoms with Gasteiger partial charge in [-0.25, -0.2) is 4.98 Å². The normalized spacial score (nSPS) is 11.7. The van der Waals surface area contributed by atoms with Crippen molar-refractivity contribution in [3.8, 4) is 0 Å². The maximum absolute atomic E-state index is 11.3. The average molecular weight is 286 g/mol. The summed E-state index contributed by atoms with van der Waals surface area (Å²) in [6.07, 6.45) is 1.52.